The number of hydrogen-bond acceptors (Lipinski definition) is 2. The lowest BCUT2D eigenvalue weighted by atomic mass is 10.6. The standard InChI is InChI=1S/C6H8N2OS.BrH/c1-5-2-8(4-10-5)3-6(7)9;/h2,4H,3H2,1H3,(H-,7,9);1H. The van der Waals surface area contributed by atoms with Crippen LogP contribution in [0.3, 0.4) is 0 Å². The average Bonchev–Trinajstić information content (AvgIpc) is 2.13. The predicted octanol–water partition coefficient (Wildman–Crippen LogP) is -3.17. The molecule has 2 N–H and O–H groups in total. The minimum absolute atomic E-state index is 0. The molecule has 0 radical (unpaired) electrons. The number of nitrogens with two attached hydrogens (primary N) is 1. The number of carbonyl (C=O) groups excluding carboxylic acids is 1. The quantitative estimate of drug-likeness (QED) is 0.542. The summed E-state index contributed by atoms with van der Waals surface area (Å²) in [7, 11) is 0. The summed E-state index contributed by atoms with van der Waals surface area (Å²) in [6.45, 7) is 2.27. The van der Waals surface area contributed by atoms with Crippen LogP contribution in [0.4, 0.5) is 0 Å². The highest BCUT2D eigenvalue weighted by atomic mass is 79.9. The molecule has 0 fully saturated rings. The van der Waals surface area contributed by atoms with Crippen LogP contribution >= 0.6 is 11.3 Å². The first-order valence-electron chi connectivity index (χ1n) is 2.91. The summed E-state index contributed by atoms with van der Waals surface area (Å²) in [5, 5.41) is 0. The molecule has 0 saturated heterocycles. The van der Waals surface area contributed by atoms with Gasteiger partial charge in [-0.05, 0) is 6.92 Å². The fourth-order valence-electron chi connectivity index (χ4n) is 0.708. The van der Waals surface area contributed by atoms with E-state index in [1.165, 1.54) is 4.88 Å². The summed E-state index contributed by atoms with van der Waals surface area (Å²) in [5.41, 5.74) is 6.85. The third kappa shape index (κ3) is 3.48. The van der Waals surface area contributed by atoms with E-state index in [4.69, 9.17) is 5.73 Å². The number of primary amides is 1. The predicted molar refractivity (Wildman–Crippen MR) is 38.4 cm³/mol. The van der Waals surface area contributed by atoms with Crippen molar-refractivity contribution in [2.75, 3.05) is 0 Å². The molecule has 0 aliphatic carbocycles. The van der Waals surface area contributed by atoms with Crippen molar-refractivity contribution < 1.29 is 26.3 Å². The minimum Gasteiger partial charge on any atom is -1.00 e. The highest BCUT2D eigenvalue weighted by Gasteiger charge is 2.05. The Morgan fingerprint density at radius 1 is 1.82 bits per heavy atom. The highest BCUT2D eigenvalue weighted by Crippen LogP contribution is 1.99. The number of thiazole rings is 1. The van der Waals surface area contributed by atoms with Crippen molar-refractivity contribution in [1.82, 2.24) is 0 Å². The molecule has 5 heteroatoms. The van der Waals surface area contributed by atoms with Crippen LogP contribution in [-0.4, -0.2) is 5.91 Å². The van der Waals surface area contributed by atoms with Crippen molar-refractivity contribution >= 4 is 17.2 Å². The van der Waals surface area contributed by atoms with Crippen molar-refractivity contribution in [2.45, 2.75) is 13.5 Å². The molecule has 0 bridgehead atoms. The SMILES string of the molecule is Cc1c[n+](CC(N)=O)cs1.[Br-]. The zero-order chi connectivity index (χ0) is 7.56. The van der Waals surface area contributed by atoms with Gasteiger partial charge in [-0.25, -0.2) is 0 Å². The van der Waals surface area contributed by atoms with Crippen molar-refractivity contribution in [3.8, 4) is 0 Å². The molecule has 62 valence electrons. The van der Waals surface area contributed by atoms with E-state index >= 15 is 0 Å². The zero-order valence-corrected chi connectivity index (χ0v) is 8.48. The Balaban J connectivity index is 0.000001000. The molecular weight excluding hydrogens is 228 g/mol. The maximum absolute atomic E-state index is 10.4. The number of rotatable bonds is 2. The molecule has 11 heavy (non-hydrogen) atoms. The maximum atomic E-state index is 10.4. The topological polar surface area (TPSA) is 47.0 Å². The lowest BCUT2D eigenvalue weighted by Gasteiger charge is -1.83. The first-order chi connectivity index (χ1) is 4.68. The van der Waals surface area contributed by atoms with Crippen molar-refractivity contribution in [3.05, 3.63) is 16.6 Å². The molecule has 1 rings (SSSR count). The minimum atomic E-state index is -0.303. The number of nitrogens with zero attached hydrogens (tertiary/aromatic N) is 1. The van der Waals surface area contributed by atoms with E-state index < -0.39 is 0 Å². The number of carbonyl (C=O) groups is 1. The first kappa shape index (κ1) is 10.6. The van der Waals surface area contributed by atoms with Crippen LogP contribution in [-0.2, 0) is 11.3 Å². The highest BCUT2D eigenvalue weighted by molar-refractivity contribution is 7.09. The third-order valence-electron chi connectivity index (χ3n) is 1.06. The van der Waals surface area contributed by atoms with Gasteiger partial charge in [0.15, 0.2) is 6.20 Å². The van der Waals surface area contributed by atoms with Crippen LogP contribution in [0.1, 0.15) is 4.88 Å². The Hall–Kier alpha value is -0.420. The molecule has 0 aliphatic rings. The molecule has 1 amide bonds. The first-order valence-corrected chi connectivity index (χ1v) is 3.79. The lowest BCUT2D eigenvalue weighted by Crippen LogP contribution is -3.00. The van der Waals surface area contributed by atoms with Gasteiger partial charge in [0, 0.05) is 0 Å². The van der Waals surface area contributed by atoms with E-state index in [-0.39, 0.29) is 29.4 Å². The largest absolute Gasteiger partial charge is 1.00 e. The summed E-state index contributed by atoms with van der Waals surface area (Å²) in [5.74, 6) is -0.303. The smallest absolute Gasteiger partial charge is 0.283 e. The summed E-state index contributed by atoms with van der Waals surface area (Å²) in [6, 6.07) is 0. The van der Waals surface area contributed by atoms with E-state index in [1.807, 2.05) is 18.6 Å². The van der Waals surface area contributed by atoms with Gasteiger partial charge in [-0.1, -0.05) is 11.3 Å². The Morgan fingerprint density at radius 3 is 2.82 bits per heavy atom. The number of halogens is 1. The van der Waals surface area contributed by atoms with Crippen molar-refractivity contribution in [1.29, 1.82) is 0 Å². The van der Waals surface area contributed by atoms with E-state index in [9.17, 15) is 4.79 Å². The van der Waals surface area contributed by atoms with Gasteiger partial charge >= 0.3 is 0 Å². The summed E-state index contributed by atoms with van der Waals surface area (Å²) < 4.78 is 1.78. The van der Waals surface area contributed by atoms with Gasteiger partial charge in [0.2, 0.25) is 12.1 Å². The summed E-state index contributed by atoms with van der Waals surface area (Å²) >= 11 is 1.60. The normalized spacial score (nSPS) is 8.82. The van der Waals surface area contributed by atoms with Crippen molar-refractivity contribution in [2.24, 2.45) is 5.73 Å². The van der Waals surface area contributed by atoms with Gasteiger partial charge in [0.05, 0.1) is 4.88 Å². The van der Waals surface area contributed by atoms with Gasteiger partial charge < -0.3 is 22.7 Å². The molecule has 0 aliphatic heterocycles. The molecule has 0 spiro atoms. The second-order valence-electron chi connectivity index (χ2n) is 2.10. The molecule has 0 saturated carbocycles. The molecule has 1 heterocycles. The van der Waals surface area contributed by atoms with Gasteiger partial charge in [-0.15, -0.1) is 0 Å². The van der Waals surface area contributed by atoms with Crippen LogP contribution in [0, 0.1) is 6.92 Å². The fourth-order valence-corrected chi connectivity index (χ4v) is 1.34. The fraction of sp³-hybridized carbons (Fsp3) is 0.333. The van der Waals surface area contributed by atoms with Crippen molar-refractivity contribution in [3.63, 3.8) is 0 Å². The zero-order valence-electron chi connectivity index (χ0n) is 6.08. The molecule has 0 atom stereocenters. The second kappa shape index (κ2) is 4.46. The van der Waals surface area contributed by atoms with Crippen LogP contribution in [0.25, 0.3) is 0 Å². The third-order valence-corrected chi connectivity index (χ3v) is 1.91. The van der Waals surface area contributed by atoms with Crippen LogP contribution < -0.4 is 27.3 Å². The number of aromatic nitrogens is 1. The summed E-state index contributed by atoms with van der Waals surface area (Å²) in [4.78, 5) is 11.6. The molecule has 0 aromatic carbocycles. The molecule has 0 unspecified atom stereocenters. The maximum Gasteiger partial charge on any atom is 0.283 e. The van der Waals surface area contributed by atoms with E-state index in [0.717, 1.165) is 0 Å². The Kier molecular flexibility index (Phi) is 4.29. The van der Waals surface area contributed by atoms with E-state index in [2.05, 4.69) is 0 Å². The van der Waals surface area contributed by atoms with Crippen LogP contribution in [0.15, 0.2) is 11.7 Å². The van der Waals surface area contributed by atoms with E-state index in [0.29, 0.717) is 0 Å². The second-order valence-corrected chi connectivity index (χ2v) is 3.19. The molecule has 3 nitrogen and oxygen atoms in total. The van der Waals surface area contributed by atoms with Gasteiger partial charge in [-0.3, -0.25) is 4.79 Å². The Labute approximate surface area is 79.6 Å². The Morgan fingerprint density at radius 2 is 2.45 bits per heavy atom. The number of amides is 1. The Bertz CT molecular complexity index is 248. The monoisotopic (exact) mass is 236 g/mol. The van der Waals surface area contributed by atoms with Gasteiger partial charge in [0.25, 0.3) is 5.91 Å². The van der Waals surface area contributed by atoms with Crippen LogP contribution in [0.5, 0.6) is 0 Å². The molecule has 1 aromatic heterocycles. The molecule has 1 aromatic rings. The number of aryl methyl sites for hydroxylation is 1. The summed E-state index contributed by atoms with van der Waals surface area (Å²) in [6.07, 6.45) is 1.90. The van der Waals surface area contributed by atoms with Crippen LogP contribution in [0.2, 0.25) is 0 Å². The molecular formula is C6H9BrN2OS. The number of hydrogen-bond donors (Lipinski definition) is 1. The average molecular weight is 237 g/mol. The lowest BCUT2D eigenvalue weighted by molar-refractivity contribution is -0.679. The van der Waals surface area contributed by atoms with Gasteiger partial charge in [-0.2, -0.15) is 4.57 Å². The van der Waals surface area contributed by atoms with Gasteiger partial charge in [0.1, 0.15) is 0 Å². The van der Waals surface area contributed by atoms with E-state index in [1.54, 1.807) is 15.9 Å².